The summed E-state index contributed by atoms with van der Waals surface area (Å²) in [5.41, 5.74) is 0.577. The fraction of sp³-hybridized carbons (Fsp3) is 0.417. The molecule has 0 aliphatic carbocycles. The largest absolute Gasteiger partial charge is 0.334 e. The van der Waals surface area contributed by atoms with Crippen molar-refractivity contribution < 1.29 is 4.79 Å². The monoisotopic (exact) mass is 274 g/mol. The lowest BCUT2D eigenvalue weighted by molar-refractivity contribution is 0.231. The van der Waals surface area contributed by atoms with Crippen molar-refractivity contribution in [2.75, 3.05) is 0 Å². The molecule has 0 aliphatic heterocycles. The van der Waals surface area contributed by atoms with E-state index in [1.165, 1.54) is 0 Å². The maximum Gasteiger partial charge on any atom is 0.315 e. The highest BCUT2D eigenvalue weighted by Crippen LogP contribution is 2.20. The van der Waals surface area contributed by atoms with Crippen LogP contribution in [0.2, 0.25) is 10.0 Å². The van der Waals surface area contributed by atoms with Crippen molar-refractivity contribution in [3.63, 3.8) is 0 Å². The van der Waals surface area contributed by atoms with Crippen LogP contribution in [0.5, 0.6) is 0 Å². The molecule has 1 rings (SSSR count). The lowest BCUT2D eigenvalue weighted by atomic mass is 10.1. The lowest BCUT2D eigenvalue weighted by Gasteiger charge is -2.20. The van der Waals surface area contributed by atoms with E-state index in [0.717, 1.165) is 5.56 Å². The first-order chi connectivity index (χ1) is 7.78. The van der Waals surface area contributed by atoms with Crippen LogP contribution in [0.1, 0.15) is 26.3 Å². The fourth-order valence-corrected chi connectivity index (χ4v) is 1.70. The number of hydrogen-bond acceptors (Lipinski definition) is 1. The molecule has 0 aromatic heterocycles. The van der Waals surface area contributed by atoms with E-state index in [1.807, 2.05) is 20.8 Å². The van der Waals surface area contributed by atoms with Crippen LogP contribution in [-0.4, -0.2) is 11.6 Å². The van der Waals surface area contributed by atoms with Gasteiger partial charge in [-0.05, 0) is 38.5 Å². The second-order valence-corrected chi connectivity index (χ2v) is 5.64. The molecule has 0 spiro atoms. The first kappa shape index (κ1) is 14.1. The molecular weight excluding hydrogens is 259 g/mol. The van der Waals surface area contributed by atoms with Gasteiger partial charge in [0.25, 0.3) is 0 Å². The van der Waals surface area contributed by atoms with Crippen LogP contribution in [0.15, 0.2) is 18.2 Å². The fourth-order valence-electron chi connectivity index (χ4n) is 1.23. The van der Waals surface area contributed by atoms with E-state index in [-0.39, 0.29) is 11.6 Å². The third-order valence-corrected chi connectivity index (χ3v) is 2.53. The summed E-state index contributed by atoms with van der Waals surface area (Å²) < 4.78 is 0. The maximum absolute atomic E-state index is 11.5. The molecule has 2 N–H and O–H groups in total. The topological polar surface area (TPSA) is 41.1 Å². The molecule has 94 valence electrons. The highest BCUT2D eigenvalue weighted by atomic mass is 35.5. The molecule has 0 radical (unpaired) electrons. The van der Waals surface area contributed by atoms with E-state index in [4.69, 9.17) is 23.2 Å². The van der Waals surface area contributed by atoms with E-state index in [0.29, 0.717) is 16.6 Å². The Kier molecular flexibility index (Phi) is 4.66. The smallest absolute Gasteiger partial charge is 0.315 e. The van der Waals surface area contributed by atoms with Crippen molar-refractivity contribution in [1.82, 2.24) is 10.6 Å². The maximum atomic E-state index is 11.5. The first-order valence-corrected chi connectivity index (χ1v) is 6.03. The zero-order chi connectivity index (χ0) is 13.1. The molecule has 0 bridgehead atoms. The van der Waals surface area contributed by atoms with Crippen molar-refractivity contribution in [2.45, 2.75) is 32.9 Å². The zero-order valence-electron chi connectivity index (χ0n) is 10.1. The molecule has 0 aliphatic rings. The SMILES string of the molecule is CC(C)(C)NC(=O)NCc1ccc(Cl)cc1Cl. The molecule has 0 heterocycles. The second kappa shape index (κ2) is 5.61. The highest BCUT2D eigenvalue weighted by Gasteiger charge is 2.13. The summed E-state index contributed by atoms with van der Waals surface area (Å²) in [6.45, 7) is 6.13. The summed E-state index contributed by atoms with van der Waals surface area (Å²) in [6, 6.07) is 4.97. The third kappa shape index (κ3) is 5.29. The second-order valence-electron chi connectivity index (χ2n) is 4.79. The molecule has 0 saturated carbocycles. The van der Waals surface area contributed by atoms with Gasteiger partial charge in [-0.25, -0.2) is 4.79 Å². The predicted molar refractivity (Wildman–Crippen MR) is 71.6 cm³/mol. The number of urea groups is 1. The number of benzene rings is 1. The highest BCUT2D eigenvalue weighted by molar-refractivity contribution is 6.35. The van der Waals surface area contributed by atoms with Gasteiger partial charge in [0.05, 0.1) is 0 Å². The van der Waals surface area contributed by atoms with Gasteiger partial charge in [-0.15, -0.1) is 0 Å². The number of amides is 2. The minimum Gasteiger partial charge on any atom is -0.334 e. The van der Waals surface area contributed by atoms with E-state index >= 15 is 0 Å². The van der Waals surface area contributed by atoms with Crippen LogP contribution < -0.4 is 10.6 Å². The summed E-state index contributed by atoms with van der Waals surface area (Å²) in [5.74, 6) is 0. The minimum absolute atomic E-state index is 0.219. The van der Waals surface area contributed by atoms with Crippen LogP contribution in [0.4, 0.5) is 4.79 Å². The standard InChI is InChI=1S/C12H16Cl2N2O/c1-12(2,3)16-11(17)15-7-8-4-5-9(13)6-10(8)14/h4-6H,7H2,1-3H3,(H2,15,16,17). The van der Waals surface area contributed by atoms with Gasteiger partial charge in [0, 0.05) is 22.1 Å². The summed E-state index contributed by atoms with van der Waals surface area (Å²) in [5, 5.41) is 6.67. The lowest BCUT2D eigenvalue weighted by Crippen LogP contribution is -2.46. The van der Waals surface area contributed by atoms with E-state index < -0.39 is 0 Å². The van der Waals surface area contributed by atoms with Crippen molar-refractivity contribution in [1.29, 1.82) is 0 Å². The molecule has 2 amide bonds. The van der Waals surface area contributed by atoms with Gasteiger partial charge >= 0.3 is 6.03 Å². The van der Waals surface area contributed by atoms with E-state index in [2.05, 4.69) is 10.6 Å². The Morgan fingerprint density at radius 1 is 1.29 bits per heavy atom. The van der Waals surface area contributed by atoms with Gasteiger partial charge in [-0.3, -0.25) is 0 Å². The van der Waals surface area contributed by atoms with Gasteiger partial charge in [-0.2, -0.15) is 0 Å². The van der Waals surface area contributed by atoms with Crippen LogP contribution >= 0.6 is 23.2 Å². The molecule has 5 heteroatoms. The molecule has 1 aromatic carbocycles. The van der Waals surface area contributed by atoms with Crippen LogP contribution in [0.25, 0.3) is 0 Å². The van der Waals surface area contributed by atoms with Gasteiger partial charge in [0.1, 0.15) is 0 Å². The van der Waals surface area contributed by atoms with Crippen LogP contribution in [0.3, 0.4) is 0 Å². The number of nitrogens with one attached hydrogen (secondary N) is 2. The Bertz CT molecular complexity index is 413. The Labute approximate surface area is 111 Å². The Balaban J connectivity index is 2.53. The van der Waals surface area contributed by atoms with Crippen molar-refractivity contribution in [3.8, 4) is 0 Å². The average Bonchev–Trinajstić information content (AvgIpc) is 2.13. The third-order valence-electron chi connectivity index (χ3n) is 1.94. The van der Waals surface area contributed by atoms with Gasteiger partial charge < -0.3 is 10.6 Å². The summed E-state index contributed by atoms with van der Waals surface area (Å²) in [7, 11) is 0. The van der Waals surface area contributed by atoms with Crippen LogP contribution in [0, 0.1) is 0 Å². The minimum atomic E-state index is -0.256. The number of carbonyl (C=O) groups excluding carboxylic acids is 1. The molecule has 0 fully saturated rings. The molecular formula is C12H16Cl2N2O. The number of rotatable bonds is 2. The summed E-state index contributed by atoms with van der Waals surface area (Å²) >= 11 is 11.8. The normalized spacial score (nSPS) is 11.1. The van der Waals surface area contributed by atoms with Crippen LogP contribution in [-0.2, 0) is 6.54 Å². The Morgan fingerprint density at radius 3 is 2.47 bits per heavy atom. The molecule has 0 saturated heterocycles. The van der Waals surface area contributed by atoms with Crippen molar-refractivity contribution >= 4 is 29.2 Å². The number of hydrogen-bond donors (Lipinski definition) is 2. The molecule has 17 heavy (non-hydrogen) atoms. The van der Waals surface area contributed by atoms with Crippen molar-refractivity contribution in [3.05, 3.63) is 33.8 Å². The predicted octanol–water partition coefficient (Wildman–Crippen LogP) is 3.59. The van der Waals surface area contributed by atoms with Gasteiger partial charge in [0.15, 0.2) is 0 Å². The number of halogens is 2. The molecule has 1 aromatic rings. The first-order valence-electron chi connectivity index (χ1n) is 5.28. The zero-order valence-corrected chi connectivity index (χ0v) is 11.6. The quantitative estimate of drug-likeness (QED) is 0.850. The summed E-state index contributed by atoms with van der Waals surface area (Å²) in [4.78, 5) is 11.5. The summed E-state index contributed by atoms with van der Waals surface area (Å²) in [6.07, 6.45) is 0. The number of carbonyl (C=O) groups is 1. The van der Waals surface area contributed by atoms with E-state index in [9.17, 15) is 4.79 Å². The molecule has 3 nitrogen and oxygen atoms in total. The van der Waals surface area contributed by atoms with E-state index in [1.54, 1.807) is 18.2 Å². The van der Waals surface area contributed by atoms with Crippen molar-refractivity contribution in [2.24, 2.45) is 0 Å². The van der Waals surface area contributed by atoms with Gasteiger partial charge in [-0.1, -0.05) is 29.3 Å². The average molecular weight is 275 g/mol. The van der Waals surface area contributed by atoms with Gasteiger partial charge in [0.2, 0.25) is 0 Å². The molecule has 0 unspecified atom stereocenters. The Morgan fingerprint density at radius 2 is 1.94 bits per heavy atom. The Hall–Kier alpha value is -0.930. The molecule has 0 atom stereocenters.